The smallest absolute Gasteiger partial charge is 0.0760 e. The largest absolute Gasteiger partial charge is 0.391 e. The Kier molecular flexibility index (Phi) is 2.91. The van der Waals surface area contributed by atoms with E-state index >= 15 is 0 Å². The molecule has 3 heteroatoms. The van der Waals surface area contributed by atoms with Gasteiger partial charge in [0, 0.05) is 4.47 Å². The molecule has 3 N–H and O–H groups in total. The molecule has 0 aliphatic heterocycles. The third-order valence-corrected chi connectivity index (χ3v) is 3.20. The van der Waals surface area contributed by atoms with Gasteiger partial charge in [0.15, 0.2) is 0 Å². The van der Waals surface area contributed by atoms with Crippen molar-refractivity contribution in [1.82, 2.24) is 0 Å². The second-order valence-electron chi connectivity index (χ2n) is 3.91. The average molecular weight is 256 g/mol. The molecule has 2 nitrogen and oxygen atoms in total. The van der Waals surface area contributed by atoms with Crippen molar-refractivity contribution in [3.05, 3.63) is 34.3 Å². The first kappa shape index (κ1) is 10.1. The minimum Gasteiger partial charge on any atom is -0.391 e. The van der Waals surface area contributed by atoms with Gasteiger partial charge in [0.25, 0.3) is 0 Å². The number of rotatable bonds is 3. The van der Waals surface area contributed by atoms with Crippen molar-refractivity contribution in [2.75, 3.05) is 0 Å². The zero-order chi connectivity index (χ0) is 10.1. The first-order valence-corrected chi connectivity index (χ1v) is 5.67. The van der Waals surface area contributed by atoms with Gasteiger partial charge in [-0.05, 0) is 36.5 Å². The van der Waals surface area contributed by atoms with E-state index in [0.29, 0.717) is 5.92 Å². The SMILES string of the molecule is N[C@H](c1cccc(Br)c1)[C@@H](O)C1CC1. The van der Waals surface area contributed by atoms with Crippen LogP contribution in [-0.4, -0.2) is 11.2 Å². The van der Waals surface area contributed by atoms with Crippen LogP contribution in [0.5, 0.6) is 0 Å². The molecule has 1 saturated carbocycles. The van der Waals surface area contributed by atoms with E-state index in [-0.39, 0.29) is 12.1 Å². The lowest BCUT2D eigenvalue weighted by atomic mass is 9.99. The monoisotopic (exact) mass is 255 g/mol. The van der Waals surface area contributed by atoms with Crippen LogP contribution in [0.25, 0.3) is 0 Å². The van der Waals surface area contributed by atoms with Crippen molar-refractivity contribution in [2.24, 2.45) is 11.7 Å². The lowest BCUT2D eigenvalue weighted by molar-refractivity contribution is 0.122. The first-order valence-electron chi connectivity index (χ1n) is 4.87. The van der Waals surface area contributed by atoms with Gasteiger partial charge in [-0.1, -0.05) is 28.1 Å². The summed E-state index contributed by atoms with van der Waals surface area (Å²) in [6.45, 7) is 0. The normalized spacial score (nSPS) is 20.5. The molecular weight excluding hydrogens is 242 g/mol. The molecule has 1 aromatic carbocycles. The second-order valence-corrected chi connectivity index (χ2v) is 4.82. The molecule has 0 unspecified atom stereocenters. The number of hydrogen-bond acceptors (Lipinski definition) is 2. The van der Waals surface area contributed by atoms with Crippen molar-refractivity contribution in [2.45, 2.75) is 25.0 Å². The zero-order valence-corrected chi connectivity index (χ0v) is 9.44. The van der Waals surface area contributed by atoms with Crippen molar-refractivity contribution < 1.29 is 5.11 Å². The topological polar surface area (TPSA) is 46.2 Å². The van der Waals surface area contributed by atoms with Crippen LogP contribution in [0.1, 0.15) is 24.4 Å². The van der Waals surface area contributed by atoms with E-state index in [9.17, 15) is 5.11 Å². The Hall–Kier alpha value is -0.380. The molecule has 0 radical (unpaired) electrons. The summed E-state index contributed by atoms with van der Waals surface area (Å²) in [7, 11) is 0. The number of aliphatic hydroxyl groups is 1. The molecule has 2 rings (SSSR count). The van der Waals surface area contributed by atoms with Gasteiger partial charge in [-0.25, -0.2) is 0 Å². The minimum absolute atomic E-state index is 0.250. The Balaban J connectivity index is 2.13. The van der Waals surface area contributed by atoms with Crippen LogP contribution in [0, 0.1) is 5.92 Å². The van der Waals surface area contributed by atoms with Crippen molar-refractivity contribution in [3.8, 4) is 0 Å². The fourth-order valence-electron chi connectivity index (χ4n) is 1.64. The van der Waals surface area contributed by atoms with E-state index in [2.05, 4.69) is 15.9 Å². The van der Waals surface area contributed by atoms with Gasteiger partial charge in [-0.15, -0.1) is 0 Å². The van der Waals surface area contributed by atoms with Crippen molar-refractivity contribution in [1.29, 1.82) is 0 Å². The number of aliphatic hydroxyl groups excluding tert-OH is 1. The molecular formula is C11H14BrNO. The maximum Gasteiger partial charge on any atom is 0.0760 e. The fourth-order valence-corrected chi connectivity index (χ4v) is 2.06. The molecule has 0 bridgehead atoms. The Bertz CT molecular complexity index is 325. The number of halogens is 1. The standard InChI is InChI=1S/C11H14BrNO/c12-9-3-1-2-8(6-9)10(13)11(14)7-4-5-7/h1-3,6-7,10-11,14H,4-5,13H2/t10-,11+/m1/s1. The highest BCUT2D eigenvalue weighted by Crippen LogP contribution is 2.37. The quantitative estimate of drug-likeness (QED) is 0.871. The highest BCUT2D eigenvalue weighted by molar-refractivity contribution is 9.10. The van der Waals surface area contributed by atoms with Crippen molar-refractivity contribution in [3.63, 3.8) is 0 Å². The van der Waals surface area contributed by atoms with Crippen LogP contribution in [0.4, 0.5) is 0 Å². The van der Waals surface area contributed by atoms with E-state index in [4.69, 9.17) is 5.73 Å². The molecule has 0 aromatic heterocycles. The van der Waals surface area contributed by atoms with Crippen LogP contribution < -0.4 is 5.73 Å². The number of nitrogens with two attached hydrogens (primary N) is 1. The van der Waals surface area contributed by atoms with Crippen LogP contribution in [-0.2, 0) is 0 Å². The summed E-state index contributed by atoms with van der Waals surface area (Å²) in [5.41, 5.74) is 6.98. The van der Waals surface area contributed by atoms with Crippen LogP contribution in [0.15, 0.2) is 28.7 Å². The van der Waals surface area contributed by atoms with E-state index in [0.717, 1.165) is 22.9 Å². The first-order chi connectivity index (χ1) is 6.68. The summed E-state index contributed by atoms with van der Waals surface area (Å²) in [5.74, 6) is 0.420. The molecule has 2 atom stereocenters. The van der Waals surface area contributed by atoms with E-state index in [1.807, 2.05) is 24.3 Å². The Morgan fingerprint density at radius 3 is 2.71 bits per heavy atom. The number of benzene rings is 1. The Labute approximate surface area is 92.3 Å². The summed E-state index contributed by atoms with van der Waals surface area (Å²) in [4.78, 5) is 0. The summed E-state index contributed by atoms with van der Waals surface area (Å²) in [6.07, 6.45) is 1.84. The fraction of sp³-hybridized carbons (Fsp3) is 0.455. The van der Waals surface area contributed by atoms with E-state index in [1.165, 1.54) is 0 Å². The van der Waals surface area contributed by atoms with Gasteiger partial charge in [0.05, 0.1) is 12.1 Å². The van der Waals surface area contributed by atoms with Gasteiger partial charge in [0.1, 0.15) is 0 Å². The molecule has 0 spiro atoms. The molecule has 0 heterocycles. The molecule has 1 aromatic rings. The highest BCUT2D eigenvalue weighted by Gasteiger charge is 2.34. The highest BCUT2D eigenvalue weighted by atomic mass is 79.9. The maximum absolute atomic E-state index is 9.86. The molecule has 1 aliphatic carbocycles. The molecule has 76 valence electrons. The lowest BCUT2D eigenvalue weighted by Gasteiger charge is -2.18. The molecule has 0 amide bonds. The van der Waals surface area contributed by atoms with Crippen LogP contribution >= 0.6 is 15.9 Å². The number of hydrogen-bond donors (Lipinski definition) is 2. The third kappa shape index (κ3) is 2.16. The Morgan fingerprint density at radius 1 is 1.43 bits per heavy atom. The van der Waals surface area contributed by atoms with Gasteiger partial charge >= 0.3 is 0 Å². The predicted molar refractivity (Wildman–Crippen MR) is 59.8 cm³/mol. The summed E-state index contributed by atoms with van der Waals surface area (Å²) < 4.78 is 1.01. The maximum atomic E-state index is 9.86. The minimum atomic E-state index is -0.385. The molecule has 1 fully saturated rings. The van der Waals surface area contributed by atoms with Gasteiger partial charge in [-0.2, -0.15) is 0 Å². The Morgan fingerprint density at radius 2 is 2.14 bits per heavy atom. The van der Waals surface area contributed by atoms with Gasteiger partial charge < -0.3 is 10.8 Å². The lowest BCUT2D eigenvalue weighted by Crippen LogP contribution is -2.27. The second kappa shape index (κ2) is 4.01. The molecule has 14 heavy (non-hydrogen) atoms. The van der Waals surface area contributed by atoms with Gasteiger partial charge in [0.2, 0.25) is 0 Å². The summed E-state index contributed by atoms with van der Waals surface area (Å²) >= 11 is 3.40. The van der Waals surface area contributed by atoms with Crippen LogP contribution in [0.2, 0.25) is 0 Å². The van der Waals surface area contributed by atoms with E-state index < -0.39 is 0 Å². The zero-order valence-electron chi connectivity index (χ0n) is 7.86. The third-order valence-electron chi connectivity index (χ3n) is 2.71. The summed E-state index contributed by atoms with van der Waals surface area (Å²) in [6, 6.07) is 7.58. The van der Waals surface area contributed by atoms with Crippen molar-refractivity contribution >= 4 is 15.9 Å². The van der Waals surface area contributed by atoms with Gasteiger partial charge in [-0.3, -0.25) is 0 Å². The predicted octanol–water partition coefficient (Wildman–Crippen LogP) is 2.22. The average Bonchev–Trinajstić information content (AvgIpc) is 2.99. The van der Waals surface area contributed by atoms with Crippen LogP contribution in [0.3, 0.4) is 0 Å². The summed E-state index contributed by atoms with van der Waals surface area (Å²) in [5, 5.41) is 9.86. The molecule has 0 saturated heterocycles. The molecule has 1 aliphatic rings. The van der Waals surface area contributed by atoms with E-state index in [1.54, 1.807) is 0 Å².